The van der Waals surface area contributed by atoms with E-state index in [1.54, 1.807) is 0 Å². The summed E-state index contributed by atoms with van der Waals surface area (Å²) in [6, 6.07) is 0. The number of aliphatic hydroxyl groups is 1. The zero-order valence-electron chi connectivity index (χ0n) is 7.15. The number of hydrogen-bond acceptors (Lipinski definition) is 2. The first-order valence-corrected chi connectivity index (χ1v) is 3.64. The van der Waals surface area contributed by atoms with Crippen LogP contribution in [0.3, 0.4) is 0 Å². The molecule has 0 aromatic rings. The Labute approximate surface area is 59.1 Å². The van der Waals surface area contributed by atoms with Gasteiger partial charge < -0.3 is 10.8 Å². The Morgan fingerprint density at radius 1 is 1.22 bits per heavy atom. The van der Waals surface area contributed by atoms with Gasteiger partial charge in [-0.3, -0.25) is 0 Å². The van der Waals surface area contributed by atoms with Gasteiger partial charge in [-0.15, -0.1) is 0 Å². The lowest BCUT2D eigenvalue weighted by Gasteiger charge is -1.71. The van der Waals surface area contributed by atoms with Crippen molar-refractivity contribution in [1.29, 1.82) is 0 Å². The van der Waals surface area contributed by atoms with Gasteiger partial charge in [0, 0.05) is 6.54 Å². The van der Waals surface area contributed by atoms with Crippen LogP contribution in [-0.2, 0) is 0 Å². The SMILES string of the molecule is CC.CCC.NCCO. The van der Waals surface area contributed by atoms with E-state index in [1.165, 1.54) is 6.42 Å². The molecule has 60 valence electrons. The maximum Gasteiger partial charge on any atom is 0.0553 e. The molecule has 0 rings (SSSR count). The molecule has 0 atom stereocenters. The van der Waals surface area contributed by atoms with Crippen molar-refractivity contribution >= 4 is 0 Å². The van der Waals surface area contributed by atoms with E-state index >= 15 is 0 Å². The normalized spacial score (nSPS) is 6.00. The van der Waals surface area contributed by atoms with Crippen molar-refractivity contribution in [1.82, 2.24) is 0 Å². The molecule has 0 saturated carbocycles. The molecule has 2 nitrogen and oxygen atoms in total. The Hall–Kier alpha value is -0.0800. The van der Waals surface area contributed by atoms with Crippen molar-refractivity contribution in [3.8, 4) is 0 Å². The van der Waals surface area contributed by atoms with Crippen LogP contribution in [0.25, 0.3) is 0 Å². The van der Waals surface area contributed by atoms with Gasteiger partial charge in [-0.25, -0.2) is 0 Å². The lowest BCUT2D eigenvalue weighted by molar-refractivity contribution is 0.306. The maximum absolute atomic E-state index is 7.75. The minimum Gasteiger partial charge on any atom is -0.395 e. The molecule has 2 heteroatoms. The van der Waals surface area contributed by atoms with Gasteiger partial charge in [-0.2, -0.15) is 0 Å². The Morgan fingerprint density at radius 3 is 1.33 bits per heavy atom. The first-order chi connectivity index (χ1) is 4.33. The molecule has 0 heterocycles. The van der Waals surface area contributed by atoms with Crippen molar-refractivity contribution in [3.63, 3.8) is 0 Å². The smallest absolute Gasteiger partial charge is 0.0553 e. The molecular weight excluding hydrogens is 114 g/mol. The molecule has 0 aliphatic rings. The lowest BCUT2D eigenvalue weighted by atomic mass is 10.6. The van der Waals surface area contributed by atoms with Crippen LogP contribution in [0.4, 0.5) is 0 Å². The third-order valence-electron chi connectivity index (χ3n) is 0.129. The average Bonchev–Trinajstić information content (AvgIpc) is 1.94. The quantitative estimate of drug-likeness (QED) is 0.570. The molecule has 9 heavy (non-hydrogen) atoms. The summed E-state index contributed by atoms with van der Waals surface area (Å²) < 4.78 is 0. The van der Waals surface area contributed by atoms with Crippen LogP contribution in [0.2, 0.25) is 0 Å². The average molecular weight is 135 g/mol. The number of nitrogens with two attached hydrogens (primary N) is 1. The second-order valence-corrected chi connectivity index (χ2v) is 1.22. The molecule has 0 radical (unpaired) electrons. The van der Waals surface area contributed by atoms with Crippen LogP contribution in [0.5, 0.6) is 0 Å². The predicted octanol–water partition coefficient (Wildman–Crippen LogP) is 1.38. The zero-order chi connectivity index (χ0) is 8.12. The van der Waals surface area contributed by atoms with Gasteiger partial charge in [-0.1, -0.05) is 34.1 Å². The predicted molar refractivity (Wildman–Crippen MR) is 43.5 cm³/mol. The molecule has 0 aromatic carbocycles. The summed E-state index contributed by atoms with van der Waals surface area (Å²) in [6.45, 7) is 8.72. The fourth-order valence-corrected chi connectivity index (χ4v) is 0. The second kappa shape index (κ2) is 44.5. The Balaban J connectivity index is -0.0000000646. The maximum atomic E-state index is 7.75. The highest BCUT2D eigenvalue weighted by atomic mass is 16.3. The Morgan fingerprint density at radius 2 is 1.33 bits per heavy atom. The van der Waals surface area contributed by atoms with Crippen molar-refractivity contribution < 1.29 is 5.11 Å². The fraction of sp³-hybridized carbons (Fsp3) is 1.00. The van der Waals surface area contributed by atoms with Gasteiger partial charge >= 0.3 is 0 Å². The van der Waals surface area contributed by atoms with E-state index in [2.05, 4.69) is 13.8 Å². The van der Waals surface area contributed by atoms with E-state index in [-0.39, 0.29) is 6.61 Å². The molecule has 0 aromatic heterocycles. The van der Waals surface area contributed by atoms with Crippen molar-refractivity contribution in [2.45, 2.75) is 34.1 Å². The van der Waals surface area contributed by atoms with Crippen molar-refractivity contribution in [2.75, 3.05) is 13.2 Å². The molecule has 0 unspecified atom stereocenters. The second-order valence-electron chi connectivity index (χ2n) is 1.22. The van der Waals surface area contributed by atoms with Crippen LogP contribution >= 0.6 is 0 Å². The van der Waals surface area contributed by atoms with Gasteiger partial charge in [0.15, 0.2) is 0 Å². The molecule has 0 amide bonds. The highest BCUT2D eigenvalue weighted by Crippen LogP contribution is 1.56. The minimum atomic E-state index is 0.0972. The van der Waals surface area contributed by atoms with Crippen molar-refractivity contribution in [2.24, 2.45) is 5.73 Å². The number of rotatable bonds is 1. The topological polar surface area (TPSA) is 46.2 Å². The summed E-state index contributed by atoms with van der Waals surface area (Å²) in [5, 5.41) is 7.75. The van der Waals surface area contributed by atoms with Crippen LogP contribution in [-0.4, -0.2) is 18.3 Å². The van der Waals surface area contributed by atoms with Gasteiger partial charge in [0.2, 0.25) is 0 Å². The first kappa shape index (κ1) is 16.0. The summed E-state index contributed by atoms with van der Waals surface area (Å²) in [7, 11) is 0. The first-order valence-electron chi connectivity index (χ1n) is 3.64. The van der Waals surface area contributed by atoms with E-state index in [0.717, 1.165) is 0 Å². The van der Waals surface area contributed by atoms with Gasteiger partial charge in [0.1, 0.15) is 0 Å². The van der Waals surface area contributed by atoms with E-state index in [0.29, 0.717) is 6.54 Å². The van der Waals surface area contributed by atoms with E-state index in [1.807, 2.05) is 13.8 Å². The Kier molecular flexibility index (Phi) is 78.9. The largest absolute Gasteiger partial charge is 0.395 e. The summed E-state index contributed by atoms with van der Waals surface area (Å²) in [5.74, 6) is 0. The monoisotopic (exact) mass is 135 g/mol. The van der Waals surface area contributed by atoms with E-state index in [9.17, 15) is 0 Å². The third-order valence-corrected chi connectivity index (χ3v) is 0.129. The molecule has 3 N–H and O–H groups in total. The molecule has 0 aliphatic heterocycles. The molecule has 0 spiro atoms. The number of aliphatic hydroxyl groups excluding tert-OH is 1. The standard InChI is InChI=1S/C3H8.C2H7NO.C2H6/c1-3-2;3-1-2-4;1-2/h3H2,1-2H3;4H,1-3H2;1-2H3. The molecule has 0 saturated heterocycles. The molecule has 0 fully saturated rings. The highest BCUT2D eigenvalue weighted by molar-refractivity contribution is 4.17. The number of hydrogen-bond donors (Lipinski definition) is 2. The van der Waals surface area contributed by atoms with Gasteiger partial charge in [0.25, 0.3) is 0 Å². The van der Waals surface area contributed by atoms with Crippen molar-refractivity contribution in [3.05, 3.63) is 0 Å². The van der Waals surface area contributed by atoms with Crippen LogP contribution in [0.15, 0.2) is 0 Å². The summed E-state index contributed by atoms with van der Waals surface area (Å²) >= 11 is 0. The highest BCUT2D eigenvalue weighted by Gasteiger charge is 1.56. The summed E-state index contributed by atoms with van der Waals surface area (Å²) in [6.07, 6.45) is 1.25. The zero-order valence-corrected chi connectivity index (χ0v) is 7.15. The molecule has 0 aliphatic carbocycles. The molecular formula is C7H21NO. The van der Waals surface area contributed by atoms with Crippen LogP contribution in [0, 0.1) is 0 Å². The minimum absolute atomic E-state index is 0.0972. The van der Waals surface area contributed by atoms with Gasteiger partial charge in [-0.05, 0) is 0 Å². The van der Waals surface area contributed by atoms with Crippen LogP contribution < -0.4 is 5.73 Å². The lowest BCUT2D eigenvalue weighted by Crippen LogP contribution is -2.02. The summed E-state index contributed by atoms with van der Waals surface area (Å²) in [4.78, 5) is 0. The van der Waals surface area contributed by atoms with E-state index in [4.69, 9.17) is 10.8 Å². The van der Waals surface area contributed by atoms with Crippen LogP contribution in [0.1, 0.15) is 34.1 Å². The fourth-order valence-electron chi connectivity index (χ4n) is 0. The Bertz CT molecular complexity index is 16.4. The van der Waals surface area contributed by atoms with E-state index < -0.39 is 0 Å². The third kappa shape index (κ3) is 328. The molecule has 0 bridgehead atoms. The summed E-state index contributed by atoms with van der Waals surface area (Å²) in [5.41, 5.74) is 4.78. The van der Waals surface area contributed by atoms with Gasteiger partial charge in [0.05, 0.1) is 6.61 Å².